The monoisotopic (exact) mass is 269 g/mol. The first-order valence-electron chi connectivity index (χ1n) is 6.69. The fourth-order valence-electron chi connectivity index (χ4n) is 1.99. The molecule has 0 spiro atoms. The van der Waals surface area contributed by atoms with Crippen molar-refractivity contribution < 1.29 is 9.90 Å². The van der Waals surface area contributed by atoms with E-state index in [0.717, 1.165) is 16.3 Å². The van der Waals surface area contributed by atoms with Crippen LogP contribution in [0.25, 0.3) is 10.8 Å². The molecule has 0 aliphatic heterocycles. The molecule has 1 unspecified atom stereocenters. The van der Waals surface area contributed by atoms with Crippen LogP contribution in [0.5, 0.6) is 0 Å². The van der Waals surface area contributed by atoms with Gasteiger partial charge in [-0.25, -0.2) is 0 Å². The number of nitrogens with one attached hydrogen (secondary N) is 1. The van der Waals surface area contributed by atoms with Crippen molar-refractivity contribution in [2.75, 3.05) is 6.54 Å². The molecule has 0 saturated heterocycles. The molecular formula is C17H19NO2. The maximum atomic E-state index is 11.6. The summed E-state index contributed by atoms with van der Waals surface area (Å²) in [6, 6.07) is 13.8. The number of rotatable bonds is 4. The molecule has 0 radical (unpaired) electrons. The maximum Gasteiger partial charge on any atom is 0.246 e. The Bertz CT molecular complexity index is 646. The van der Waals surface area contributed by atoms with Crippen LogP contribution in [-0.2, 0) is 4.79 Å². The molecule has 104 valence electrons. The Labute approximate surface area is 118 Å². The molecule has 20 heavy (non-hydrogen) atoms. The first-order valence-corrected chi connectivity index (χ1v) is 6.69. The third-order valence-electron chi connectivity index (χ3n) is 3.41. The molecule has 0 heterocycles. The van der Waals surface area contributed by atoms with Gasteiger partial charge in [-0.15, -0.1) is 0 Å². The highest BCUT2D eigenvalue weighted by Crippen LogP contribution is 2.20. The summed E-state index contributed by atoms with van der Waals surface area (Å²) in [6.07, 6.45) is 1.05. The number of hydrogen-bond donors (Lipinski definition) is 2. The molecule has 2 aromatic carbocycles. The zero-order chi connectivity index (χ0) is 14.5. The molecule has 2 N–H and O–H groups in total. The summed E-state index contributed by atoms with van der Waals surface area (Å²) in [5.74, 6) is -0.146. The van der Waals surface area contributed by atoms with Crippen LogP contribution in [0.3, 0.4) is 0 Å². The standard InChI is InChI=1S/C17H19NO2/c1-3-12(2)17(20)18-11-16(19)15-9-8-13-6-4-5-7-14(13)10-15/h3-10,16,19H,11H2,1-2H3,(H,18,20)/b12-3-. The Morgan fingerprint density at radius 2 is 1.95 bits per heavy atom. The van der Waals surface area contributed by atoms with Crippen molar-refractivity contribution in [2.45, 2.75) is 20.0 Å². The second-order valence-electron chi connectivity index (χ2n) is 4.80. The van der Waals surface area contributed by atoms with Crippen molar-refractivity contribution >= 4 is 16.7 Å². The van der Waals surface area contributed by atoms with Crippen molar-refractivity contribution in [1.82, 2.24) is 5.32 Å². The average Bonchev–Trinajstić information content (AvgIpc) is 2.50. The largest absolute Gasteiger partial charge is 0.387 e. The molecule has 2 aromatic rings. The van der Waals surface area contributed by atoms with E-state index in [0.29, 0.717) is 5.57 Å². The van der Waals surface area contributed by atoms with Crippen molar-refractivity contribution in [1.29, 1.82) is 0 Å². The quantitative estimate of drug-likeness (QED) is 0.838. The van der Waals surface area contributed by atoms with Gasteiger partial charge in [0.25, 0.3) is 0 Å². The maximum absolute atomic E-state index is 11.6. The summed E-state index contributed by atoms with van der Waals surface area (Å²) in [5, 5.41) is 15.1. The van der Waals surface area contributed by atoms with E-state index < -0.39 is 6.10 Å². The first-order chi connectivity index (χ1) is 9.61. The number of aliphatic hydroxyl groups excluding tert-OH is 1. The molecule has 0 fully saturated rings. The summed E-state index contributed by atoms with van der Waals surface area (Å²) < 4.78 is 0. The van der Waals surface area contributed by atoms with Crippen molar-refractivity contribution in [3.8, 4) is 0 Å². The lowest BCUT2D eigenvalue weighted by Crippen LogP contribution is -2.28. The van der Waals surface area contributed by atoms with Gasteiger partial charge in [0.1, 0.15) is 0 Å². The van der Waals surface area contributed by atoms with Crippen LogP contribution in [0.1, 0.15) is 25.5 Å². The van der Waals surface area contributed by atoms with E-state index in [-0.39, 0.29) is 12.5 Å². The zero-order valence-corrected chi connectivity index (χ0v) is 11.8. The van der Waals surface area contributed by atoms with Gasteiger partial charge in [-0.2, -0.15) is 0 Å². The number of benzene rings is 2. The number of aliphatic hydroxyl groups is 1. The predicted molar refractivity (Wildman–Crippen MR) is 81.3 cm³/mol. The Balaban J connectivity index is 2.07. The normalized spacial score (nSPS) is 13.2. The third kappa shape index (κ3) is 3.25. The predicted octanol–water partition coefficient (Wildman–Crippen LogP) is 2.96. The molecule has 0 aliphatic rings. The van der Waals surface area contributed by atoms with Gasteiger partial charge in [0.15, 0.2) is 0 Å². The lowest BCUT2D eigenvalue weighted by Gasteiger charge is -2.13. The van der Waals surface area contributed by atoms with Crippen LogP contribution in [0, 0.1) is 0 Å². The molecule has 1 amide bonds. The summed E-state index contributed by atoms with van der Waals surface area (Å²) in [4.78, 5) is 11.6. The lowest BCUT2D eigenvalue weighted by atomic mass is 10.0. The highest BCUT2D eigenvalue weighted by Gasteiger charge is 2.10. The first kappa shape index (κ1) is 14.3. The van der Waals surface area contributed by atoms with E-state index in [9.17, 15) is 9.90 Å². The molecule has 2 rings (SSSR count). The fraction of sp³-hybridized carbons (Fsp3) is 0.235. The minimum atomic E-state index is -0.701. The molecule has 3 nitrogen and oxygen atoms in total. The number of carbonyl (C=O) groups is 1. The summed E-state index contributed by atoms with van der Waals surface area (Å²) in [6.45, 7) is 3.77. The van der Waals surface area contributed by atoms with Crippen molar-refractivity contribution in [2.24, 2.45) is 0 Å². The van der Waals surface area contributed by atoms with Crippen molar-refractivity contribution in [3.05, 3.63) is 59.7 Å². The van der Waals surface area contributed by atoms with E-state index >= 15 is 0 Å². The van der Waals surface area contributed by atoms with E-state index in [1.807, 2.05) is 49.4 Å². The van der Waals surface area contributed by atoms with Crippen LogP contribution < -0.4 is 5.32 Å². The van der Waals surface area contributed by atoms with Gasteiger partial charge in [0, 0.05) is 12.1 Å². The number of allylic oxidation sites excluding steroid dienone is 1. The fourth-order valence-corrected chi connectivity index (χ4v) is 1.99. The van der Waals surface area contributed by atoms with Gasteiger partial charge in [-0.3, -0.25) is 4.79 Å². The summed E-state index contributed by atoms with van der Waals surface area (Å²) in [7, 11) is 0. The Hall–Kier alpha value is -2.13. The Kier molecular flexibility index (Phi) is 4.53. The average molecular weight is 269 g/mol. The smallest absolute Gasteiger partial charge is 0.246 e. The molecule has 0 saturated carbocycles. The topological polar surface area (TPSA) is 49.3 Å². The number of amides is 1. The molecule has 1 atom stereocenters. The zero-order valence-electron chi connectivity index (χ0n) is 11.8. The SMILES string of the molecule is C/C=C(/C)C(=O)NCC(O)c1ccc2ccccc2c1. The van der Waals surface area contributed by atoms with Crippen LogP contribution in [0.2, 0.25) is 0 Å². The van der Waals surface area contributed by atoms with Gasteiger partial charge < -0.3 is 10.4 Å². The van der Waals surface area contributed by atoms with Crippen molar-refractivity contribution in [3.63, 3.8) is 0 Å². The minimum Gasteiger partial charge on any atom is -0.387 e. The van der Waals surface area contributed by atoms with Gasteiger partial charge >= 0.3 is 0 Å². The van der Waals surface area contributed by atoms with Crippen LogP contribution in [0.4, 0.5) is 0 Å². The van der Waals surface area contributed by atoms with Crippen LogP contribution in [-0.4, -0.2) is 17.6 Å². The minimum absolute atomic E-state index is 0.146. The van der Waals surface area contributed by atoms with Gasteiger partial charge in [0.05, 0.1) is 6.10 Å². The second kappa shape index (κ2) is 6.35. The lowest BCUT2D eigenvalue weighted by molar-refractivity contribution is -0.117. The van der Waals surface area contributed by atoms with E-state index in [1.54, 1.807) is 13.0 Å². The van der Waals surface area contributed by atoms with Crippen LogP contribution >= 0.6 is 0 Å². The molecular weight excluding hydrogens is 250 g/mol. The molecule has 3 heteroatoms. The Morgan fingerprint density at radius 3 is 2.65 bits per heavy atom. The van der Waals surface area contributed by atoms with Gasteiger partial charge in [-0.1, -0.05) is 42.5 Å². The van der Waals surface area contributed by atoms with E-state index in [4.69, 9.17) is 0 Å². The van der Waals surface area contributed by atoms with E-state index in [2.05, 4.69) is 5.32 Å². The van der Waals surface area contributed by atoms with Crippen LogP contribution in [0.15, 0.2) is 54.1 Å². The Morgan fingerprint density at radius 1 is 1.25 bits per heavy atom. The third-order valence-corrected chi connectivity index (χ3v) is 3.41. The summed E-state index contributed by atoms with van der Waals surface area (Å²) >= 11 is 0. The van der Waals surface area contributed by atoms with E-state index in [1.165, 1.54) is 0 Å². The molecule has 0 bridgehead atoms. The second-order valence-corrected chi connectivity index (χ2v) is 4.80. The molecule has 0 aromatic heterocycles. The number of carbonyl (C=O) groups excluding carboxylic acids is 1. The highest BCUT2D eigenvalue weighted by atomic mass is 16.3. The number of fused-ring (bicyclic) bond motifs is 1. The summed E-state index contributed by atoms with van der Waals surface area (Å²) in [5.41, 5.74) is 1.46. The molecule has 0 aliphatic carbocycles. The van der Waals surface area contributed by atoms with Gasteiger partial charge in [-0.05, 0) is 36.2 Å². The van der Waals surface area contributed by atoms with Gasteiger partial charge in [0.2, 0.25) is 5.91 Å². The highest BCUT2D eigenvalue weighted by molar-refractivity contribution is 5.92. The number of hydrogen-bond acceptors (Lipinski definition) is 2.